The SMILES string of the molecule is CNC(=O)C1CNc2cc(C#N)ccc2C1. The van der Waals surface area contributed by atoms with E-state index in [1.54, 1.807) is 13.1 Å². The van der Waals surface area contributed by atoms with Gasteiger partial charge in [0.15, 0.2) is 0 Å². The molecule has 0 aromatic heterocycles. The van der Waals surface area contributed by atoms with Crippen molar-refractivity contribution in [1.29, 1.82) is 5.26 Å². The van der Waals surface area contributed by atoms with Gasteiger partial charge in [-0.05, 0) is 24.1 Å². The number of amides is 1. The molecule has 2 rings (SSSR count). The topological polar surface area (TPSA) is 64.9 Å². The zero-order valence-electron chi connectivity index (χ0n) is 9.08. The average Bonchev–Trinajstić information content (AvgIpc) is 2.36. The van der Waals surface area contributed by atoms with Crippen LogP contribution in [0.3, 0.4) is 0 Å². The van der Waals surface area contributed by atoms with Crippen LogP contribution in [-0.2, 0) is 11.2 Å². The van der Waals surface area contributed by atoms with Crippen LogP contribution in [0.4, 0.5) is 5.69 Å². The fraction of sp³-hybridized carbons (Fsp3) is 0.333. The third kappa shape index (κ3) is 1.84. The van der Waals surface area contributed by atoms with Crippen LogP contribution in [0.25, 0.3) is 0 Å². The van der Waals surface area contributed by atoms with E-state index in [4.69, 9.17) is 5.26 Å². The molecule has 0 bridgehead atoms. The summed E-state index contributed by atoms with van der Waals surface area (Å²) in [7, 11) is 1.65. The first-order chi connectivity index (χ1) is 7.74. The molecule has 1 unspecified atom stereocenters. The highest BCUT2D eigenvalue weighted by Crippen LogP contribution is 2.25. The fourth-order valence-electron chi connectivity index (χ4n) is 1.95. The lowest BCUT2D eigenvalue weighted by Gasteiger charge is -2.25. The zero-order valence-corrected chi connectivity index (χ0v) is 9.08. The lowest BCUT2D eigenvalue weighted by Crippen LogP contribution is -2.36. The maximum absolute atomic E-state index is 11.5. The molecule has 0 radical (unpaired) electrons. The van der Waals surface area contributed by atoms with Crippen LogP contribution in [0, 0.1) is 17.2 Å². The quantitative estimate of drug-likeness (QED) is 0.731. The van der Waals surface area contributed by atoms with Gasteiger partial charge >= 0.3 is 0 Å². The Balaban J connectivity index is 2.23. The molecule has 1 aromatic carbocycles. The summed E-state index contributed by atoms with van der Waals surface area (Å²) >= 11 is 0. The maximum Gasteiger partial charge on any atom is 0.224 e. The number of benzene rings is 1. The zero-order chi connectivity index (χ0) is 11.5. The second-order valence-corrected chi connectivity index (χ2v) is 3.88. The van der Waals surface area contributed by atoms with Crippen LogP contribution in [0.1, 0.15) is 11.1 Å². The van der Waals surface area contributed by atoms with E-state index < -0.39 is 0 Å². The molecule has 2 N–H and O–H groups in total. The van der Waals surface area contributed by atoms with E-state index in [1.165, 1.54) is 0 Å². The van der Waals surface area contributed by atoms with Gasteiger partial charge < -0.3 is 10.6 Å². The van der Waals surface area contributed by atoms with Gasteiger partial charge in [-0.3, -0.25) is 4.79 Å². The van der Waals surface area contributed by atoms with Gasteiger partial charge in [0.2, 0.25) is 5.91 Å². The molecule has 1 aromatic rings. The second kappa shape index (κ2) is 4.23. The summed E-state index contributed by atoms with van der Waals surface area (Å²) in [5.41, 5.74) is 2.71. The van der Waals surface area contributed by atoms with Gasteiger partial charge in [-0.15, -0.1) is 0 Å². The Morgan fingerprint density at radius 1 is 1.62 bits per heavy atom. The summed E-state index contributed by atoms with van der Waals surface area (Å²) in [4.78, 5) is 11.5. The number of hydrogen-bond donors (Lipinski definition) is 2. The highest BCUT2D eigenvalue weighted by molar-refractivity contribution is 5.80. The first-order valence-electron chi connectivity index (χ1n) is 5.23. The molecule has 1 aliphatic heterocycles. The summed E-state index contributed by atoms with van der Waals surface area (Å²) < 4.78 is 0. The smallest absolute Gasteiger partial charge is 0.224 e. The molecule has 4 heteroatoms. The van der Waals surface area contributed by atoms with Crippen LogP contribution in [0.5, 0.6) is 0 Å². The van der Waals surface area contributed by atoms with Crippen molar-refractivity contribution in [3.05, 3.63) is 29.3 Å². The predicted octanol–water partition coefficient (Wildman–Crippen LogP) is 0.888. The monoisotopic (exact) mass is 215 g/mol. The van der Waals surface area contributed by atoms with Crippen LogP contribution in [0.2, 0.25) is 0 Å². The average molecular weight is 215 g/mol. The number of anilines is 1. The summed E-state index contributed by atoms with van der Waals surface area (Å²) in [6.07, 6.45) is 0.730. The Morgan fingerprint density at radius 3 is 3.12 bits per heavy atom. The Hall–Kier alpha value is -2.02. The van der Waals surface area contributed by atoms with Gasteiger partial charge in [-0.1, -0.05) is 6.07 Å². The lowest BCUT2D eigenvalue weighted by atomic mass is 9.92. The summed E-state index contributed by atoms with van der Waals surface area (Å²) in [5.74, 6) is 0.0351. The molecule has 82 valence electrons. The van der Waals surface area contributed by atoms with Gasteiger partial charge in [0.1, 0.15) is 0 Å². The largest absolute Gasteiger partial charge is 0.384 e. The van der Waals surface area contributed by atoms with Crippen molar-refractivity contribution in [2.45, 2.75) is 6.42 Å². The molecule has 1 amide bonds. The Morgan fingerprint density at radius 2 is 2.44 bits per heavy atom. The maximum atomic E-state index is 11.5. The standard InChI is InChI=1S/C12H13N3O/c1-14-12(16)10-5-9-3-2-8(6-13)4-11(9)15-7-10/h2-4,10,15H,5,7H2,1H3,(H,14,16). The first kappa shape index (κ1) is 10.5. The molecule has 4 nitrogen and oxygen atoms in total. The Labute approximate surface area is 94.3 Å². The van der Waals surface area contributed by atoms with Crippen molar-refractivity contribution in [3.63, 3.8) is 0 Å². The molecule has 0 saturated heterocycles. The molecular formula is C12H13N3O. The van der Waals surface area contributed by atoms with Gasteiger partial charge in [0.25, 0.3) is 0 Å². The number of rotatable bonds is 1. The highest BCUT2D eigenvalue weighted by Gasteiger charge is 2.23. The third-order valence-electron chi connectivity index (χ3n) is 2.86. The molecule has 0 spiro atoms. The van der Waals surface area contributed by atoms with Crippen molar-refractivity contribution < 1.29 is 4.79 Å². The first-order valence-corrected chi connectivity index (χ1v) is 5.23. The van der Waals surface area contributed by atoms with Gasteiger partial charge in [0.05, 0.1) is 17.6 Å². The summed E-state index contributed by atoms with van der Waals surface area (Å²) in [6, 6.07) is 7.63. The molecule has 1 heterocycles. The van der Waals surface area contributed by atoms with Crippen molar-refractivity contribution in [2.75, 3.05) is 18.9 Å². The minimum absolute atomic E-state index is 0.0227. The highest BCUT2D eigenvalue weighted by atomic mass is 16.1. The van der Waals surface area contributed by atoms with E-state index in [-0.39, 0.29) is 11.8 Å². The molecule has 0 aliphatic carbocycles. The van der Waals surface area contributed by atoms with Crippen molar-refractivity contribution in [1.82, 2.24) is 5.32 Å². The van der Waals surface area contributed by atoms with Crippen LogP contribution >= 0.6 is 0 Å². The molecular weight excluding hydrogens is 202 g/mol. The second-order valence-electron chi connectivity index (χ2n) is 3.88. The molecule has 1 atom stereocenters. The molecule has 0 saturated carbocycles. The van der Waals surface area contributed by atoms with E-state index in [2.05, 4.69) is 16.7 Å². The minimum Gasteiger partial charge on any atom is -0.384 e. The van der Waals surface area contributed by atoms with Crippen molar-refractivity contribution in [3.8, 4) is 6.07 Å². The normalized spacial score (nSPS) is 17.9. The molecule has 16 heavy (non-hydrogen) atoms. The number of carbonyl (C=O) groups is 1. The van der Waals surface area contributed by atoms with E-state index in [1.807, 2.05) is 12.1 Å². The molecule has 0 fully saturated rings. The van der Waals surface area contributed by atoms with Crippen LogP contribution in [-0.4, -0.2) is 19.5 Å². The number of nitriles is 1. The van der Waals surface area contributed by atoms with Gasteiger partial charge in [0, 0.05) is 19.3 Å². The summed E-state index contributed by atoms with van der Waals surface area (Å²) in [5, 5.41) is 14.6. The fourth-order valence-corrected chi connectivity index (χ4v) is 1.95. The molecule has 1 aliphatic rings. The van der Waals surface area contributed by atoms with Gasteiger partial charge in [-0.2, -0.15) is 5.26 Å². The van der Waals surface area contributed by atoms with E-state index >= 15 is 0 Å². The van der Waals surface area contributed by atoms with E-state index in [0.717, 1.165) is 17.7 Å². The van der Waals surface area contributed by atoms with Crippen LogP contribution < -0.4 is 10.6 Å². The van der Waals surface area contributed by atoms with Gasteiger partial charge in [-0.25, -0.2) is 0 Å². The van der Waals surface area contributed by atoms with Crippen LogP contribution in [0.15, 0.2) is 18.2 Å². The predicted molar refractivity (Wildman–Crippen MR) is 60.9 cm³/mol. The Bertz CT molecular complexity index is 462. The third-order valence-corrected chi connectivity index (χ3v) is 2.86. The number of carbonyl (C=O) groups excluding carboxylic acids is 1. The Kier molecular flexibility index (Phi) is 2.78. The number of fused-ring (bicyclic) bond motifs is 1. The summed E-state index contributed by atoms with van der Waals surface area (Å²) in [6.45, 7) is 0.627. The van der Waals surface area contributed by atoms with E-state index in [0.29, 0.717) is 12.1 Å². The number of hydrogen-bond acceptors (Lipinski definition) is 3. The van der Waals surface area contributed by atoms with Crippen molar-refractivity contribution >= 4 is 11.6 Å². The number of nitrogens with one attached hydrogen (secondary N) is 2. The lowest BCUT2D eigenvalue weighted by molar-refractivity contribution is -0.124. The van der Waals surface area contributed by atoms with Crippen molar-refractivity contribution in [2.24, 2.45) is 5.92 Å². The number of nitrogens with zero attached hydrogens (tertiary/aromatic N) is 1. The van der Waals surface area contributed by atoms with E-state index in [9.17, 15) is 4.79 Å². The minimum atomic E-state index is -0.0227.